The van der Waals surface area contributed by atoms with Crippen molar-refractivity contribution in [2.45, 2.75) is 56.6 Å². The molecule has 3 heteroatoms. The van der Waals surface area contributed by atoms with Gasteiger partial charge in [-0.2, -0.15) is 0 Å². The lowest BCUT2D eigenvalue weighted by atomic mass is 9.86. The van der Waals surface area contributed by atoms with E-state index in [2.05, 4.69) is 24.3 Å². The van der Waals surface area contributed by atoms with Crippen molar-refractivity contribution in [1.29, 1.82) is 0 Å². The van der Waals surface area contributed by atoms with E-state index in [0.29, 0.717) is 5.92 Å². The number of hydrogen-bond donors (Lipinski definition) is 1. The van der Waals surface area contributed by atoms with E-state index in [4.69, 9.17) is 0 Å². The number of nitrogens with zero attached hydrogens (tertiary/aromatic N) is 1. The van der Waals surface area contributed by atoms with Gasteiger partial charge in [-0.3, -0.25) is 4.79 Å². The number of benzene rings is 3. The average molecular weight is 442 g/mol. The smallest absolute Gasteiger partial charge is 0.234 e. The van der Waals surface area contributed by atoms with Gasteiger partial charge in [0.15, 0.2) is 0 Å². The Balaban J connectivity index is 1.66. The number of hydrogen-bond acceptors (Lipinski definition) is 2. The zero-order valence-corrected chi connectivity index (χ0v) is 19.5. The number of carbonyl (C=O) groups excluding carboxylic acids is 1. The summed E-state index contributed by atoms with van der Waals surface area (Å²) >= 11 is 0. The zero-order chi connectivity index (χ0) is 23.0. The Kier molecular flexibility index (Phi) is 7.96. The first-order valence-electron chi connectivity index (χ1n) is 12.2. The second-order valence-electron chi connectivity index (χ2n) is 9.41. The SMILES string of the molecule is CN(C(=O)C(c1ccccc1)c1ccccc1)C(CC1CCCCC(O)C1)c1ccccc1. The van der Waals surface area contributed by atoms with Gasteiger partial charge in [-0.15, -0.1) is 0 Å². The highest BCUT2D eigenvalue weighted by Crippen LogP contribution is 2.36. The van der Waals surface area contributed by atoms with Crippen LogP contribution < -0.4 is 0 Å². The van der Waals surface area contributed by atoms with Crippen molar-refractivity contribution in [2.24, 2.45) is 5.92 Å². The summed E-state index contributed by atoms with van der Waals surface area (Å²) in [5.74, 6) is 0.175. The molecule has 1 N–H and O–H groups in total. The van der Waals surface area contributed by atoms with Gasteiger partial charge in [0.25, 0.3) is 0 Å². The molecule has 4 rings (SSSR count). The van der Waals surface area contributed by atoms with Gasteiger partial charge in [0.05, 0.1) is 18.1 Å². The Labute approximate surface area is 198 Å². The number of carbonyl (C=O) groups is 1. The van der Waals surface area contributed by atoms with E-state index in [0.717, 1.165) is 55.2 Å². The van der Waals surface area contributed by atoms with Crippen LogP contribution in [0.4, 0.5) is 0 Å². The second kappa shape index (κ2) is 11.3. The Morgan fingerprint density at radius 2 is 1.30 bits per heavy atom. The normalized spacial score (nSPS) is 19.6. The molecule has 1 amide bonds. The molecule has 1 saturated carbocycles. The van der Waals surface area contributed by atoms with Crippen molar-refractivity contribution in [2.75, 3.05) is 7.05 Å². The third-order valence-corrected chi connectivity index (χ3v) is 7.07. The molecular weight excluding hydrogens is 406 g/mol. The van der Waals surface area contributed by atoms with E-state index >= 15 is 0 Å². The quantitative estimate of drug-likeness (QED) is 0.434. The van der Waals surface area contributed by atoms with Crippen LogP contribution >= 0.6 is 0 Å². The molecule has 0 saturated heterocycles. The molecule has 3 atom stereocenters. The lowest BCUT2D eigenvalue weighted by molar-refractivity contribution is -0.133. The van der Waals surface area contributed by atoms with E-state index in [-0.39, 0.29) is 24.0 Å². The average Bonchev–Trinajstić information content (AvgIpc) is 3.07. The van der Waals surface area contributed by atoms with E-state index in [1.807, 2.05) is 78.7 Å². The number of amides is 1. The Morgan fingerprint density at radius 3 is 1.85 bits per heavy atom. The lowest BCUT2D eigenvalue weighted by Gasteiger charge is -2.34. The van der Waals surface area contributed by atoms with Gasteiger partial charge in [-0.05, 0) is 41.9 Å². The minimum atomic E-state index is -0.344. The van der Waals surface area contributed by atoms with Crippen LogP contribution in [0.25, 0.3) is 0 Å². The zero-order valence-electron chi connectivity index (χ0n) is 19.5. The standard InChI is InChI=1S/C30H35NO2/c1-31(30(33)29(25-16-7-3-8-17-25)26-18-9-4-10-19-26)28(24-14-5-2-6-15-24)22-23-13-11-12-20-27(32)21-23/h2-10,14-19,23,27-29,32H,11-13,20-22H2,1H3. The maximum atomic E-state index is 14.1. The van der Waals surface area contributed by atoms with Crippen LogP contribution in [0.5, 0.6) is 0 Å². The van der Waals surface area contributed by atoms with Crippen molar-refractivity contribution < 1.29 is 9.90 Å². The number of likely N-dealkylation sites (N-methyl/N-ethyl adjacent to an activating group) is 1. The molecule has 1 aliphatic rings. The predicted molar refractivity (Wildman–Crippen MR) is 134 cm³/mol. The largest absolute Gasteiger partial charge is 0.393 e. The summed E-state index contributed by atoms with van der Waals surface area (Å²) in [6.45, 7) is 0. The van der Waals surface area contributed by atoms with Crippen molar-refractivity contribution in [3.63, 3.8) is 0 Å². The highest BCUT2D eigenvalue weighted by molar-refractivity contribution is 5.87. The van der Waals surface area contributed by atoms with Gasteiger partial charge in [-0.25, -0.2) is 0 Å². The van der Waals surface area contributed by atoms with Crippen LogP contribution in [0.2, 0.25) is 0 Å². The van der Waals surface area contributed by atoms with E-state index in [1.54, 1.807) is 0 Å². The first-order valence-corrected chi connectivity index (χ1v) is 12.2. The molecule has 1 aliphatic carbocycles. The third kappa shape index (κ3) is 5.91. The van der Waals surface area contributed by atoms with Crippen LogP contribution in [0.3, 0.4) is 0 Å². The van der Waals surface area contributed by atoms with Crippen molar-refractivity contribution >= 4 is 5.91 Å². The van der Waals surface area contributed by atoms with Gasteiger partial charge in [0.2, 0.25) is 5.91 Å². The first-order chi connectivity index (χ1) is 16.1. The van der Waals surface area contributed by atoms with E-state index in [9.17, 15) is 9.90 Å². The molecular formula is C30H35NO2. The van der Waals surface area contributed by atoms with Crippen molar-refractivity contribution in [3.05, 3.63) is 108 Å². The van der Waals surface area contributed by atoms with Crippen LogP contribution in [0.15, 0.2) is 91.0 Å². The van der Waals surface area contributed by atoms with Crippen LogP contribution in [-0.4, -0.2) is 29.1 Å². The monoisotopic (exact) mass is 441 g/mol. The Morgan fingerprint density at radius 1 is 0.818 bits per heavy atom. The topological polar surface area (TPSA) is 40.5 Å². The minimum absolute atomic E-state index is 0.0241. The minimum Gasteiger partial charge on any atom is -0.393 e. The molecule has 0 aromatic heterocycles. The van der Waals surface area contributed by atoms with Gasteiger partial charge < -0.3 is 10.0 Å². The lowest BCUT2D eigenvalue weighted by Crippen LogP contribution is -2.36. The summed E-state index contributed by atoms with van der Waals surface area (Å²) in [5.41, 5.74) is 3.18. The van der Waals surface area contributed by atoms with Gasteiger partial charge in [0, 0.05) is 7.05 Å². The molecule has 3 unspecified atom stereocenters. The van der Waals surface area contributed by atoms with E-state index < -0.39 is 0 Å². The second-order valence-corrected chi connectivity index (χ2v) is 9.41. The van der Waals surface area contributed by atoms with Crippen LogP contribution in [-0.2, 0) is 4.79 Å². The number of aliphatic hydroxyl groups excluding tert-OH is 1. The Hall–Kier alpha value is -2.91. The highest BCUT2D eigenvalue weighted by Gasteiger charge is 2.32. The summed E-state index contributed by atoms with van der Waals surface area (Å²) in [4.78, 5) is 16.1. The number of rotatable bonds is 7. The van der Waals surface area contributed by atoms with Gasteiger partial charge in [0.1, 0.15) is 0 Å². The fourth-order valence-corrected chi connectivity index (χ4v) is 5.28. The van der Waals surface area contributed by atoms with E-state index in [1.165, 1.54) is 0 Å². The fourth-order valence-electron chi connectivity index (χ4n) is 5.28. The molecule has 3 aromatic carbocycles. The third-order valence-electron chi connectivity index (χ3n) is 7.07. The summed E-state index contributed by atoms with van der Waals surface area (Å²) in [6.07, 6.45) is 5.72. The van der Waals surface area contributed by atoms with Crippen LogP contribution in [0.1, 0.15) is 67.2 Å². The van der Waals surface area contributed by atoms with Gasteiger partial charge in [-0.1, -0.05) is 110 Å². The molecule has 0 heterocycles. The number of aliphatic hydroxyl groups is 1. The molecule has 172 valence electrons. The maximum Gasteiger partial charge on any atom is 0.234 e. The summed E-state index contributed by atoms with van der Waals surface area (Å²) in [6, 6.07) is 30.5. The summed E-state index contributed by atoms with van der Waals surface area (Å²) in [5, 5.41) is 10.4. The summed E-state index contributed by atoms with van der Waals surface area (Å²) < 4.78 is 0. The molecule has 0 aliphatic heterocycles. The summed E-state index contributed by atoms with van der Waals surface area (Å²) in [7, 11) is 1.95. The Bertz CT molecular complexity index is 950. The first kappa shape index (κ1) is 23.3. The fraction of sp³-hybridized carbons (Fsp3) is 0.367. The van der Waals surface area contributed by atoms with Crippen LogP contribution in [0, 0.1) is 5.92 Å². The molecule has 1 fully saturated rings. The molecule has 0 radical (unpaired) electrons. The molecule has 3 nitrogen and oxygen atoms in total. The molecule has 3 aromatic rings. The van der Waals surface area contributed by atoms with Gasteiger partial charge >= 0.3 is 0 Å². The maximum absolute atomic E-state index is 14.1. The molecule has 33 heavy (non-hydrogen) atoms. The molecule has 0 spiro atoms. The predicted octanol–water partition coefficient (Wildman–Crippen LogP) is 6.35. The van der Waals surface area contributed by atoms with Crippen molar-refractivity contribution in [3.8, 4) is 0 Å². The highest BCUT2D eigenvalue weighted by atomic mass is 16.3. The molecule has 0 bridgehead atoms. The van der Waals surface area contributed by atoms with Crippen molar-refractivity contribution in [1.82, 2.24) is 4.90 Å².